The minimum absolute atomic E-state index is 0.0296. The van der Waals surface area contributed by atoms with Crippen molar-refractivity contribution >= 4 is 11.6 Å². The van der Waals surface area contributed by atoms with Crippen LogP contribution in [0.2, 0.25) is 0 Å². The summed E-state index contributed by atoms with van der Waals surface area (Å²) in [6, 6.07) is 0. The topological polar surface area (TPSA) is 113 Å². The second kappa shape index (κ2) is 7.31. The number of hydrogen-bond acceptors (Lipinski definition) is 7. The zero-order valence-corrected chi connectivity index (χ0v) is 19.0. The number of aliphatic hydroxyl groups excluding tert-OH is 3. The fourth-order valence-corrected chi connectivity index (χ4v) is 8.18. The molecule has 176 valence electrons. The first-order chi connectivity index (χ1) is 15.1. The molecule has 7 heteroatoms. The minimum Gasteiger partial charge on any atom is -0.393 e. The maximum absolute atomic E-state index is 13.2. The highest BCUT2D eigenvalue weighted by Gasteiger charge is 2.76. The van der Waals surface area contributed by atoms with E-state index in [1.54, 1.807) is 0 Å². The van der Waals surface area contributed by atoms with Gasteiger partial charge in [-0.05, 0) is 55.2 Å². The van der Waals surface area contributed by atoms with E-state index >= 15 is 0 Å². The molecule has 3 saturated carbocycles. The van der Waals surface area contributed by atoms with E-state index in [1.807, 2.05) is 26.8 Å². The van der Waals surface area contributed by atoms with Gasteiger partial charge in [-0.15, -0.1) is 0 Å². The average molecular weight is 447 g/mol. The lowest BCUT2D eigenvalue weighted by Crippen LogP contribution is -2.64. The van der Waals surface area contributed by atoms with Crippen molar-refractivity contribution in [1.29, 1.82) is 0 Å². The van der Waals surface area contributed by atoms with Crippen LogP contribution < -0.4 is 0 Å². The minimum atomic E-state index is -1.29. The predicted octanol–water partition coefficient (Wildman–Crippen LogP) is 1.69. The maximum Gasteiger partial charge on any atom is 0.193 e. The number of hydrogen-bond donors (Lipinski definition) is 3. The molecule has 0 aromatic carbocycles. The third kappa shape index (κ3) is 2.66. The van der Waals surface area contributed by atoms with Crippen molar-refractivity contribution in [3.8, 4) is 0 Å². The molecule has 5 aliphatic rings. The number of Topliss-reactive ketones (excluding diaryl/α,β-unsaturated/α-hetero) is 1. The Kier molecular flexibility index (Phi) is 5.12. The first-order valence-corrected chi connectivity index (χ1v) is 11.9. The summed E-state index contributed by atoms with van der Waals surface area (Å²) >= 11 is 0. The molecular weight excluding hydrogens is 412 g/mol. The molecule has 1 heterocycles. The third-order valence-corrected chi connectivity index (χ3v) is 9.39. The molecule has 32 heavy (non-hydrogen) atoms. The summed E-state index contributed by atoms with van der Waals surface area (Å²) in [5.74, 6) is -0.825. The SMILES string of the molecule is CCC[C@@H]1O[C@@H]2C[C@H]3[C@@H]4C[C@@H](O)C5=CC(=O)C=C[C@]5(C)[C@H]4[C@@H](O)C[C@]3(C)[C@]2(C(=O)CO)O1. The van der Waals surface area contributed by atoms with Crippen LogP contribution in [-0.2, 0) is 19.1 Å². The summed E-state index contributed by atoms with van der Waals surface area (Å²) < 4.78 is 12.6. The van der Waals surface area contributed by atoms with Crippen LogP contribution in [0.4, 0.5) is 0 Å². The Labute approximate surface area is 188 Å². The molecule has 4 aliphatic carbocycles. The van der Waals surface area contributed by atoms with Crippen LogP contribution >= 0.6 is 0 Å². The Morgan fingerprint density at radius 2 is 2.00 bits per heavy atom. The molecular formula is C25H34O7. The van der Waals surface area contributed by atoms with Crippen LogP contribution in [-0.4, -0.2) is 63.7 Å². The van der Waals surface area contributed by atoms with Gasteiger partial charge in [0.1, 0.15) is 6.61 Å². The number of fused-ring (bicyclic) bond motifs is 7. The van der Waals surface area contributed by atoms with Crippen molar-refractivity contribution in [3.63, 3.8) is 0 Å². The highest BCUT2D eigenvalue weighted by molar-refractivity contribution is 6.01. The maximum atomic E-state index is 13.2. The molecule has 3 N–H and O–H groups in total. The summed E-state index contributed by atoms with van der Waals surface area (Å²) in [6.07, 6.45) is 5.21. The quantitative estimate of drug-likeness (QED) is 0.602. The Morgan fingerprint density at radius 3 is 2.69 bits per heavy atom. The fourth-order valence-electron chi connectivity index (χ4n) is 8.18. The van der Waals surface area contributed by atoms with Gasteiger partial charge in [0, 0.05) is 16.7 Å². The molecule has 1 saturated heterocycles. The molecule has 0 amide bonds. The van der Waals surface area contributed by atoms with Gasteiger partial charge >= 0.3 is 0 Å². The summed E-state index contributed by atoms with van der Waals surface area (Å²) in [6.45, 7) is 5.37. The highest BCUT2D eigenvalue weighted by atomic mass is 16.7. The van der Waals surface area contributed by atoms with Gasteiger partial charge in [-0.1, -0.05) is 33.3 Å². The van der Waals surface area contributed by atoms with Crippen LogP contribution in [0.3, 0.4) is 0 Å². The lowest BCUT2D eigenvalue weighted by Gasteiger charge is -2.60. The average Bonchev–Trinajstić information content (AvgIpc) is 3.21. The van der Waals surface area contributed by atoms with Gasteiger partial charge in [-0.3, -0.25) is 9.59 Å². The van der Waals surface area contributed by atoms with Crippen molar-refractivity contribution in [1.82, 2.24) is 0 Å². The lowest BCUT2D eigenvalue weighted by atomic mass is 9.45. The largest absolute Gasteiger partial charge is 0.393 e. The smallest absolute Gasteiger partial charge is 0.193 e. The molecule has 0 spiro atoms. The monoisotopic (exact) mass is 446 g/mol. The van der Waals surface area contributed by atoms with Gasteiger partial charge < -0.3 is 24.8 Å². The summed E-state index contributed by atoms with van der Waals surface area (Å²) in [4.78, 5) is 25.3. The van der Waals surface area contributed by atoms with Crippen LogP contribution in [0.15, 0.2) is 23.8 Å². The standard InChI is InChI=1S/C25H34O7/c1-4-5-21-31-20-10-15-14-9-17(28)16-8-13(27)6-7-23(16,2)22(14)18(29)11-24(15,3)25(20,32-21)19(30)12-26/h6-8,14-15,17-18,20-22,26,28-29H,4-5,9-12H2,1-3H3/t14-,15-,17+,18-,20+,21+,22+,23-,24-,25+/m0/s1. The highest BCUT2D eigenvalue weighted by Crippen LogP contribution is 2.69. The van der Waals surface area contributed by atoms with Crippen LogP contribution in [0.1, 0.15) is 52.9 Å². The molecule has 0 radical (unpaired) electrons. The number of allylic oxidation sites excluding steroid dienone is 3. The van der Waals surface area contributed by atoms with Gasteiger partial charge in [-0.25, -0.2) is 0 Å². The van der Waals surface area contributed by atoms with Crippen molar-refractivity contribution in [2.45, 2.75) is 83.1 Å². The molecule has 5 rings (SSSR count). The van der Waals surface area contributed by atoms with Crippen molar-refractivity contribution < 1.29 is 34.4 Å². The summed E-state index contributed by atoms with van der Waals surface area (Å²) in [5.41, 5.74) is -1.98. The molecule has 4 fully saturated rings. The second-order valence-corrected chi connectivity index (χ2v) is 10.9. The van der Waals surface area contributed by atoms with Gasteiger partial charge in [0.05, 0.1) is 18.3 Å². The molecule has 0 bridgehead atoms. The van der Waals surface area contributed by atoms with Gasteiger partial charge in [-0.2, -0.15) is 0 Å². The Hall–Kier alpha value is -1.38. The van der Waals surface area contributed by atoms with Crippen molar-refractivity contribution in [3.05, 3.63) is 23.8 Å². The van der Waals surface area contributed by atoms with E-state index in [0.29, 0.717) is 31.3 Å². The van der Waals surface area contributed by atoms with E-state index in [9.17, 15) is 24.9 Å². The normalized spacial score (nSPS) is 51.5. The van der Waals surface area contributed by atoms with Crippen LogP contribution in [0, 0.1) is 28.6 Å². The summed E-state index contributed by atoms with van der Waals surface area (Å²) in [7, 11) is 0. The zero-order chi connectivity index (χ0) is 23.1. The van der Waals surface area contributed by atoms with E-state index in [1.165, 1.54) is 12.2 Å². The Balaban J connectivity index is 1.58. The van der Waals surface area contributed by atoms with Gasteiger partial charge in [0.25, 0.3) is 0 Å². The van der Waals surface area contributed by atoms with Crippen molar-refractivity contribution in [2.75, 3.05) is 6.61 Å². The fraction of sp³-hybridized carbons (Fsp3) is 0.760. The number of rotatable bonds is 4. The molecule has 10 atom stereocenters. The second-order valence-electron chi connectivity index (χ2n) is 10.9. The van der Waals surface area contributed by atoms with E-state index in [2.05, 4.69) is 0 Å². The Bertz CT molecular complexity index is 895. The number of ketones is 2. The van der Waals surface area contributed by atoms with E-state index in [4.69, 9.17) is 9.47 Å². The number of aliphatic hydroxyl groups is 3. The molecule has 0 aromatic rings. The summed E-state index contributed by atoms with van der Waals surface area (Å²) in [5, 5.41) is 32.5. The van der Waals surface area contributed by atoms with Gasteiger partial charge in [0.15, 0.2) is 23.5 Å². The van der Waals surface area contributed by atoms with Gasteiger partial charge in [0.2, 0.25) is 0 Å². The first kappa shape index (κ1) is 22.4. The zero-order valence-electron chi connectivity index (χ0n) is 19.0. The molecule has 0 unspecified atom stereocenters. The molecule has 7 nitrogen and oxygen atoms in total. The van der Waals surface area contributed by atoms with E-state index in [-0.39, 0.29) is 29.3 Å². The van der Waals surface area contributed by atoms with Crippen molar-refractivity contribution in [2.24, 2.45) is 28.6 Å². The Morgan fingerprint density at radius 1 is 1.25 bits per heavy atom. The van der Waals surface area contributed by atoms with Crippen LogP contribution in [0.5, 0.6) is 0 Å². The van der Waals surface area contributed by atoms with E-state index < -0.39 is 47.6 Å². The van der Waals surface area contributed by atoms with Crippen LogP contribution in [0.25, 0.3) is 0 Å². The predicted molar refractivity (Wildman–Crippen MR) is 114 cm³/mol. The number of ether oxygens (including phenoxy) is 2. The van der Waals surface area contributed by atoms with E-state index in [0.717, 1.165) is 6.42 Å². The number of carbonyl (C=O) groups excluding carboxylic acids is 2. The first-order valence-electron chi connectivity index (χ1n) is 11.9. The molecule has 0 aromatic heterocycles. The lowest BCUT2D eigenvalue weighted by molar-refractivity contribution is -0.203. The number of carbonyl (C=O) groups is 2. The molecule has 1 aliphatic heterocycles. The third-order valence-electron chi connectivity index (χ3n) is 9.39.